The average Bonchev–Trinajstić information content (AvgIpc) is 2.38. The molecule has 1 rings (SSSR count). The number of halogens is 1. The number of hydrogen-bond donors (Lipinski definition) is 1. The van der Waals surface area contributed by atoms with Crippen molar-refractivity contribution >= 4 is 29.3 Å². The van der Waals surface area contributed by atoms with E-state index in [4.69, 9.17) is 16.3 Å². The van der Waals surface area contributed by atoms with Crippen molar-refractivity contribution in [3.05, 3.63) is 34.9 Å². The average molecular weight is 312 g/mol. The number of nitrogens with one attached hydrogen (secondary N) is 1. The van der Waals surface area contributed by atoms with Crippen LogP contribution in [0.2, 0.25) is 5.02 Å². The van der Waals surface area contributed by atoms with Crippen LogP contribution in [0.25, 0.3) is 0 Å². The van der Waals surface area contributed by atoms with E-state index in [-0.39, 0.29) is 12.5 Å². The maximum Gasteiger partial charge on any atom is 0.318 e. The molecule has 114 valence electrons. The molecule has 2 atom stereocenters. The first-order valence-corrected chi connectivity index (χ1v) is 6.94. The summed E-state index contributed by atoms with van der Waals surface area (Å²) in [4.78, 5) is 35.4. The summed E-state index contributed by atoms with van der Waals surface area (Å²) in [7, 11) is 0. The van der Waals surface area contributed by atoms with Gasteiger partial charge in [0.15, 0.2) is 0 Å². The van der Waals surface area contributed by atoms with Crippen LogP contribution >= 0.6 is 11.6 Å². The van der Waals surface area contributed by atoms with Gasteiger partial charge < -0.3 is 10.1 Å². The van der Waals surface area contributed by atoms with E-state index in [1.807, 2.05) is 0 Å². The monoisotopic (exact) mass is 311 g/mol. The van der Waals surface area contributed by atoms with E-state index in [0.717, 1.165) is 0 Å². The summed E-state index contributed by atoms with van der Waals surface area (Å²) in [5, 5.41) is 2.98. The van der Waals surface area contributed by atoms with E-state index in [1.54, 1.807) is 31.2 Å². The number of Topliss-reactive ketones (excluding diaryl/α,β-unsaturated/α-hetero) is 1. The maximum absolute atomic E-state index is 12.1. The molecule has 1 N–H and O–H groups in total. The van der Waals surface area contributed by atoms with E-state index in [1.165, 1.54) is 13.8 Å². The number of amides is 1. The second-order valence-corrected chi connectivity index (χ2v) is 4.95. The minimum Gasteiger partial charge on any atom is -0.465 e. The molecule has 0 bridgehead atoms. The molecule has 0 aliphatic rings. The highest BCUT2D eigenvalue weighted by Crippen LogP contribution is 2.30. The number of benzene rings is 1. The zero-order chi connectivity index (χ0) is 16.0. The van der Waals surface area contributed by atoms with E-state index < -0.39 is 23.7 Å². The Labute approximate surface area is 128 Å². The van der Waals surface area contributed by atoms with E-state index >= 15 is 0 Å². The Morgan fingerprint density at radius 3 is 2.33 bits per heavy atom. The molecule has 1 aromatic carbocycles. The lowest BCUT2D eigenvalue weighted by Gasteiger charge is -2.25. The summed E-state index contributed by atoms with van der Waals surface area (Å²) in [6.45, 7) is 4.40. The van der Waals surface area contributed by atoms with Gasteiger partial charge in [0.1, 0.15) is 11.7 Å². The maximum atomic E-state index is 12.1. The van der Waals surface area contributed by atoms with Gasteiger partial charge in [-0.25, -0.2) is 0 Å². The zero-order valence-electron chi connectivity index (χ0n) is 12.2. The second kappa shape index (κ2) is 7.78. The van der Waals surface area contributed by atoms with Gasteiger partial charge in [0.05, 0.1) is 12.6 Å². The van der Waals surface area contributed by atoms with Crippen LogP contribution in [0.1, 0.15) is 32.4 Å². The molecule has 0 heterocycles. The largest absolute Gasteiger partial charge is 0.465 e. The van der Waals surface area contributed by atoms with Crippen molar-refractivity contribution in [1.82, 2.24) is 5.32 Å². The molecule has 2 unspecified atom stereocenters. The first kappa shape index (κ1) is 17.2. The molecule has 0 aliphatic carbocycles. The second-order valence-electron chi connectivity index (χ2n) is 4.54. The van der Waals surface area contributed by atoms with Gasteiger partial charge in [-0.15, -0.1) is 0 Å². The summed E-state index contributed by atoms with van der Waals surface area (Å²) < 4.78 is 4.94. The van der Waals surface area contributed by atoms with Crippen LogP contribution in [0, 0.1) is 5.92 Å². The van der Waals surface area contributed by atoms with Crippen molar-refractivity contribution < 1.29 is 19.1 Å². The van der Waals surface area contributed by atoms with Crippen molar-refractivity contribution in [2.24, 2.45) is 5.92 Å². The molecular formula is C15H18ClNO4. The topological polar surface area (TPSA) is 72.5 Å². The van der Waals surface area contributed by atoms with Crippen LogP contribution in [-0.4, -0.2) is 24.3 Å². The van der Waals surface area contributed by atoms with E-state index in [9.17, 15) is 14.4 Å². The van der Waals surface area contributed by atoms with Crippen LogP contribution < -0.4 is 5.32 Å². The normalized spacial score (nSPS) is 13.1. The van der Waals surface area contributed by atoms with Gasteiger partial charge in [-0.05, 0) is 25.5 Å². The molecule has 1 amide bonds. The van der Waals surface area contributed by atoms with Gasteiger partial charge in [-0.2, -0.15) is 0 Å². The Hall–Kier alpha value is -1.88. The van der Waals surface area contributed by atoms with Crippen molar-refractivity contribution in [1.29, 1.82) is 0 Å². The van der Waals surface area contributed by atoms with Crippen molar-refractivity contribution in [2.45, 2.75) is 26.8 Å². The third kappa shape index (κ3) is 4.56. The number of carbonyl (C=O) groups is 3. The fourth-order valence-corrected chi connectivity index (χ4v) is 2.31. The lowest BCUT2D eigenvalue weighted by Crippen LogP contribution is -2.40. The quantitative estimate of drug-likeness (QED) is 0.646. The number of esters is 1. The Bertz CT molecular complexity index is 544. The first-order valence-electron chi connectivity index (χ1n) is 6.57. The fourth-order valence-electron chi connectivity index (χ4n) is 2.06. The van der Waals surface area contributed by atoms with Crippen molar-refractivity contribution in [3.8, 4) is 0 Å². The van der Waals surface area contributed by atoms with Crippen molar-refractivity contribution in [2.75, 3.05) is 6.61 Å². The van der Waals surface area contributed by atoms with Crippen LogP contribution in [0.15, 0.2) is 24.3 Å². The smallest absolute Gasteiger partial charge is 0.318 e. The van der Waals surface area contributed by atoms with Gasteiger partial charge in [0.2, 0.25) is 5.91 Å². The molecule has 0 spiro atoms. The lowest BCUT2D eigenvalue weighted by molar-refractivity contribution is -0.152. The van der Waals surface area contributed by atoms with E-state index in [2.05, 4.69) is 5.32 Å². The number of rotatable bonds is 6. The molecule has 5 nitrogen and oxygen atoms in total. The van der Waals surface area contributed by atoms with Crippen molar-refractivity contribution in [3.63, 3.8) is 0 Å². The van der Waals surface area contributed by atoms with Gasteiger partial charge in [-0.3, -0.25) is 14.4 Å². The Morgan fingerprint density at radius 1 is 1.24 bits per heavy atom. The highest BCUT2D eigenvalue weighted by Gasteiger charge is 2.36. The number of hydrogen-bond acceptors (Lipinski definition) is 4. The van der Waals surface area contributed by atoms with Gasteiger partial charge >= 0.3 is 5.97 Å². The molecule has 0 saturated carbocycles. The van der Waals surface area contributed by atoms with Crippen LogP contribution in [0.4, 0.5) is 0 Å². The number of carbonyl (C=O) groups excluding carboxylic acids is 3. The molecule has 0 saturated heterocycles. The first-order chi connectivity index (χ1) is 9.88. The standard InChI is InChI=1S/C15H18ClNO4/c1-4-21-15(20)13(9(2)18)14(17-10(3)19)11-7-5-6-8-12(11)16/h5-8,13-14H,4H2,1-3H3,(H,17,19). The van der Waals surface area contributed by atoms with Gasteiger partial charge in [-0.1, -0.05) is 29.8 Å². The molecule has 0 fully saturated rings. The SMILES string of the molecule is CCOC(=O)C(C(C)=O)C(NC(C)=O)c1ccccc1Cl. The minimum atomic E-state index is -1.13. The van der Waals surface area contributed by atoms with Crippen LogP contribution in [-0.2, 0) is 19.1 Å². The fraction of sp³-hybridized carbons (Fsp3) is 0.400. The number of ketones is 1. The summed E-state index contributed by atoms with van der Waals surface area (Å²) >= 11 is 6.12. The summed E-state index contributed by atoms with van der Waals surface area (Å²) in [6, 6.07) is 5.89. The van der Waals surface area contributed by atoms with E-state index in [0.29, 0.717) is 10.6 Å². The predicted molar refractivity (Wildman–Crippen MR) is 78.8 cm³/mol. The Kier molecular flexibility index (Phi) is 6.37. The molecule has 1 aromatic rings. The summed E-state index contributed by atoms with van der Waals surface area (Å²) in [5.41, 5.74) is 0.502. The van der Waals surface area contributed by atoms with Crippen LogP contribution in [0.3, 0.4) is 0 Å². The molecular weight excluding hydrogens is 294 g/mol. The predicted octanol–water partition coefficient (Wildman–Crippen LogP) is 2.29. The third-order valence-electron chi connectivity index (χ3n) is 2.91. The molecule has 6 heteroatoms. The zero-order valence-corrected chi connectivity index (χ0v) is 12.9. The molecule has 0 radical (unpaired) electrons. The summed E-state index contributed by atoms with van der Waals surface area (Å²) in [6.07, 6.45) is 0. The minimum absolute atomic E-state index is 0.151. The Balaban J connectivity index is 3.27. The lowest BCUT2D eigenvalue weighted by atomic mass is 9.89. The van der Waals surface area contributed by atoms with Gasteiger partial charge in [0, 0.05) is 11.9 Å². The van der Waals surface area contributed by atoms with Gasteiger partial charge in [0.25, 0.3) is 0 Å². The summed E-state index contributed by atoms with van der Waals surface area (Å²) in [5.74, 6) is -2.57. The Morgan fingerprint density at radius 2 is 1.86 bits per heavy atom. The third-order valence-corrected chi connectivity index (χ3v) is 3.26. The molecule has 0 aromatic heterocycles. The molecule has 21 heavy (non-hydrogen) atoms. The highest BCUT2D eigenvalue weighted by atomic mass is 35.5. The molecule has 0 aliphatic heterocycles. The number of ether oxygens (including phenoxy) is 1. The highest BCUT2D eigenvalue weighted by molar-refractivity contribution is 6.31. The van der Waals surface area contributed by atoms with Crippen LogP contribution in [0.5, 0.6) is 0 Å².